The third-order valence-electron chi connectivity index (χ3n) is 4.57. The van der Waals surface area contributed by atoms with Crippen molar-refractivity contribution in [1.29, 1.82) is 0 Å². The molecule has 0 aliphatic carbocycles. The average Bonchev–Trinajstić information content (AvgIpc) is 2.67. The summed E-state index contributed by atoms with van der Waals surface area (Å²) in [7, 11) is -2.81. The normalized spacial score (nSPS) is 13.1. The lowest BCUT2D eigenvalue weighted by Crippen LogP contribution is -2.51. The molecule has 0 saturated carbocycles. The minimum absolute atomic E-state index is 0.109. The molecule has 1 rings (SSSR count). The maximum Gasteiger partial charge on any atom is 0.508 e. The first-order chi connectivity index (χ1) is 12.6. The SMILES string of the molecule is CCCCO[Si](OCCCC)(OCCCC)C(C)c1ccc(CCl)cc1. The largest absolute Gasteiger partial charge is 0.508 e. The van der Waals surface area contributed by atoms with E-state index < -0.39 is 8.80 Å². The fraction of sp³-hybridized carbons (Fsp3) is 0.714. The molecule has 0 N–H and O–H groups in total. The van der Waals surface area contributed by atoms with Crippen molar-refractivity contribution < 1.29 is 13.3 Å². The van der Waals surface area contributed by atoms with Gasteiger partial charge in [-0.25, -0.2) is 0 Å². The van der Waals surface area contributed by atoms with E-state index in [1.165, 1.54) is 5.56 Å². The van der Waals surface area contributed by atoms with Gasteiger partial charge in [0, 0.05) is 25.7 Å². The maximum atomic E-state index is 6.40. The third-order valence-corrected chi connectivity index (χ3v) is 8.09. The van der Waals surface area contributed by atoms with Crippen LogP contribution in [0.25, 0.3) is 0 Å². The molecule has 1 unspecified atom stereocenters. The second-order valence-corrected chi connectivity index (χ2v) is 10.0. The molecule has 26 heavy (non-hydrogen) atoms. The summed E-state index contributed by atoms with van der Waals surface area (Å²) in [5.41, 5.74) is 2.44. The average molecular weight is 401 g/mol. The fourth-order valence-corrected chi connectivity index (χ4v) is 5.74. The first-order valence-electron chi connectivity index (χ1n) is 10.2. The van der Waals surface area contributed by atoms with E-state index in [0.29, 0.717) is 25.7 Å². The summed E-state index contributed by atoms with van der Waals surface area (Å²) in [6, 6.07) is 8.45. The first kappa shape index (κ1) is 23.6. The summed E-state index contributed by atoms with van der Waals surface area (Å²) in [4.78, 5) is 0. The number of hydrogen-bond donors (Lipinski definition) is 0. The zero-order valence-corrected chi connectivity index (χ0v) is 18.8. The Morgan fingerprint density at radius 2 is 1.23 bits per heavy atom. The van der Waals surface area contributed by atoms with Crippen LogP contribution in [0.15, 0.2) is 24.3 Å². The molecule has 0 amide bonds. The lowest BCUT2D eigenvalue weighted by Gasteiger charge is -2.35. The Balaban J connectivity index is 3.03. The molecule has 0 heterocycles. The van der Waals surface area contributed by atoms with E-state index in [0.717, 1.165) is 44.1 Å². The van der Waals surface area contributed by atoms with Gasteiger partial charge >= 0.3 is 8.80 Å². The van der Waals surface area contributed by atoms with Crippen LogP contribution in [-0.4, -0.2) is 28.6 Å². The van der Waals surface area contributed by atoms with Crippen LogP contribution in [-0.2, 0) is 19.2 Å². The van der Waals surface area contributed by atoms with Crippen LogP contribution >= 0.6 is 11.6 Å². The summed E-state index contributed by atoms with van der Waals surface area (Å²) in [6.07, 6.45) is 6.40. The molecular weight excluding hydrogens is 364 g/mol. The highest BCUT2D eigenvalue weighted by atomic mass is 35.5. The third kappa shape index (κ3) is 7.69. The number of halogens is 1. The summed E-state index contributed by atoms with van der Waals surface area (Å²) in [5, 5.41) is 0. The van der Waals surface area contributed by atoms with Crippen LogP contribution in [0.3, 0.4) is 0 Å². The molecule has 1 aromatic carbocycles. The molecule has 1 atom stereocenters. The predicted octanol–water partition coefficient (Wildman–Crippen LogP) is 6.46. The Morgan fingerprint density at radius 3 is 1.58 bits per heavy atom. The van der Waals surface area contributed by atoms with Crippen LogP contribution in [0.1, 0.15) is 82.9 Å². The highest BCUT2D eigenvalue weighted by molar-refractivity contribution is 6.62. The molecule has 0 fully saturated rings. The summed E-state index contributed by atoms with van der Waals surface area (Å²) in [5.74, 6) is 0.532. The van der Waals surface area contributed by atoms with Crippen LogP contribution in [0, 0.1) is 0 Å². The van der Waals surface area contributed by atoms with Crippen molar-refractivity contribution in [3.8, 4) is 0 Å². The molecule has 0 radical (unpaired) electrons. The van der Waals surface area contributed by atoms with Crippen LogP contribution in [0.5, 0.6) is 0 Å². The molecule has 0 spiro atoms. The van der Waals surface area contributed by atoms with Gasteiger partial charge in [0.05, 0.1) is 5.54 Å². The van der Waals surface area contributed by atoms with Crippen molar-refractivity contribution >= 4 is 20.4 Å². The van der Waals surface area contributed by atoms with Gasteiger partial charge in [-0.05, 0) is 30.4 Å². The fourth-order valence-electron chi connectivity index (χ4n) is 2.68. The van der Waals surface area contributed by atoms with E-state index in [1.54, 1.807) is 0 Å². The molecule has 0 aromatic heterocycles. The quantitative estimate of drug-likeness (QED) is 0.192. The number of alkyl halides is 1. The van der Waals surface area contributed by atoms with Gasteiger partial charge in [-0.15, -0.1) is 11.6 Å². The zero-order chi connectivity index (χ0) is 19.3. The second kappa shape index (κ2) is 13.7. The molecule has 0 aliphatic rings. The summed E-state index contributed by atoms with van der Waals surface area (Å²) < 4.78 is 19.2. The molecule has 3 nitrogen and oxygen atoms in total. The first-order valence-corrected chi connectivity index (χ1v) is 12.5. The number of benzene rings is 1. The van der Waals surface area contributed by atoms with E-state index in [1.807, 2.05) is 0 Å². The molecule has 0 bridgehead atoms. The van der Waals surface area contributed by atoms with Crippen molar-refractivity contribution in [2.24, 2.45) is 0 Å². The summed E-state index contributed by atoms with van der Waals surface area (Å²) >= 11 is 5.94. The number of hydrogen-bond acceptors (Lipinski definition) is 3. The molecule has 5 heteroatoms. The lowest BCUT2D eigenvalue weighted by molar-refractivity contribution is 0.0488. The monoisotopic (exact) mass is 400 g/mol. The Morgan fingerprint density at radius 1 is 0.808 bits per heavy atom. The minimum Gasteiger partial charge on any atom is -0.373 e. The van der Waals surface area contributed by atoms with Crippen molar-refractivity contribution in [3.63, 3.8) is 0 Å². The smallest absolute Gasteiger partial charge is 0.373 e. The maximum absolute atomic E-state index is 6.40. The Kier molecular flexibility index (Phi) is 12.5. The second-order valence-electron chi connectivity index (χ2n) is 6.81. The summed E-state index contributed by atoms with van der Waals surface area (Å²) in [6.45, 7) is 10.8. The van der Waals surface area contributed by atoms with Gasteiger partial charge in [-0.2, -0.15) is 0 Å². The van der Waals surface area contributed by atoms with Crippen molar-refractivity contribution in [1.82, 2.24) is 0 Å². The molecular formula is C21H37ClO3Si. The van der Waals surface area contributed by atoms with Gasteiger partial charge in [0.25, 0.3) is 0 Å². The van der Waals surface area contributed by atoms with Gasteiger partial charge < -0.3 is 13.3 Å². The Bertz CT molecular complexity index is 440. The van der Waals surface area contributed by atoms with E-state index in [4.69, 9.17) is 24.9 Å². The molecule has 0 aliphatic heterocycles. The van der Waals surface area contributed by atoms with Crippen LogP contribution in [0.4, 0.5) is 0 Å². The van der Waals surface area contributed by atoms with Crippen molar-refractivity contribution in [2.75, 3.05) is 19.8 Å². The van der Waals surface area contributed by atoms with Gasteiger partial charge in [0.1, 0.15) is 0 Å². The van der Waals surface area contributed by atoms with Gasteiger partial charge in [0.15, 0.2) is 0 Å². The number of rotatable bonds is 15. The van der Waals surface area contributed by atoms with Crippen LogP contribution < -0.4 is 0 Å². The highest BCUT2D eigenvalue weighted by Gasteiger charge is 2.48. The van der Waals surface area contributed by atoms with Crippen molar-refractivity contribution in [2.45, 2.75) is 77.6 Å². The highest BCUT2D eigenvalue weighted by Crippen LogP contribution is 2.31. The molecule has 1 aromatic rings. The lowest BCUT2D eigenvalue weighted by atomic mass is 10.1. The Hall–Kier alpha value is -0.393. The zero-order valence-electron chi connectivity index (χ0n) is 17.1. The van der Waals surface area contributed by atoms with E-state index in [-0.39, 0.29) is 5.54 Å². The van der Waals surface area contributed by atoms with Crippen molar-refractivity contribution in [3.05, 3.63) is 35.4 Å². The standard InChI is InChI=1S/C21H37ClO3Si/c1-5-8-15-23-26(24-16-9-6-2,25-17-10-7-3)19(4)21-13-11-20(18-22)12-14-21/h11-14,19H,5-10,15-18H2,1-4H3. The van der Waals surface area contributed by atoms with Gasteiger partial charge in [0.2, 0.25) is 0 Å². The Labute approximate surface area is 166 Å². The predicted molar refractivity (Wildman–Crippen MR) is 113 cm³/mol. The topological polar surface area (TPSA) is 27.7 Å². The van der Waals surface area contributed by atoms with E-state index in [9.17, 15) is 0 Å². The molecule has 150 valence electrons. The molecule has 0 saturated heterocycles. The van der Waals surface area contributed by atoms with Gasteiger partial charge in [-0.3, -0.25) is 0 Å². The number of unbranched alkanes of at least 4 members (excludes halogenated alkanes) is 3. The van der Waals surface area contributed by atoms with E-state index in [2.05, 4.69) is 52.0 Å². The van der Waals surface area contributed by atoms with Crippen LogP contribution in [0.2, 0.25) is 0 Å². The minimum atomic E-state index is -2.81. The van der Waals surface area contributed by atoms with E-state index >= 15 is 0 Å². The van der Waals surface area contributed by atoms with Gasteiger partial charge in [-0.1, -0.05) is 71.2 Å².